The predicted octanol–water partition coefficient (Wildman–Crippen LogP) is 3.32. The van der Waals surface area contributed by atoms with Gasteiger partial charge >= 0.3 is 0 Å². The largest absolute Gasteiger partial charge is 0.330 e. The molecule has 1 atom stereocenters. The summed E-state index contributed by atoms with van der Waals surface area (Å²) >= 11 is 3.42. The van der Waals surface area contributed by atoms with Crippen molar-refractivity contribution < 1.29 is 4.79 Å². The summed E-state index contributed by atoms with van der Waals surface area (Å²) < 4.78 is 0.964. The summed E-state index contributed by atoms with van der Waals surface area (Å²) in [5.41, 5.74) is 7.58. The summed E-state index contributed by atoms with van der Waals surface area (Å²) in [5.74, 6) is 0.349. The van der Waals surface area contributed by atoms with Crippen molar-refractivity contribution >= 4 is 27.5 Å². The number of hydrogen-bond acceptors (Lipinski definition) is 2. The van der Waals surface area contributed by atoms with Crippen LogP contribution in [0.3, 0.4) is 0 Å². The highest BCUT2D eigenvalue weighted by Gasteiger charge is 2.18. The molecule has 0 fully saturated rings. The Kier molecular flexibility index (Phi) is 5.82. The van der Waals surface area contributed by atoms with E-state index in [1.165, 1.54) is 0 Å². The van der Waals surface area contributed by atoms with Crippen LogP contribution in [0.25, 0.3) is 0 Å². The molecule has 0 bridgehead atoms. The summed E-state index contributed by atoms with van der Waals surface area (Å²) in [5, 5.41) is 2.93. The van der Waals surface area contributed by atoms with Crippen molar-refractivity contribution in [2.75, 3.05) is 11.9 Å². The lowest BCUT2D eigenvalue weighted by atomic mass is 9.96. The minimum absolute atomic E-state index is 0.00343. The number of carbonyl (C=O) groups is 1. The fourth-order valence-electron chi connectivity index (χ4n) is 1.93. The molecule has 0 saturated heterocycles. The Morgan fingerprint density at radius 2 is 2.06 bits per heavy atom. The standard InChI is InChI=1S/C14H21BrN2O/c1-9(2)4-11(8-16)14(18)17-13-6-10(3)5-12(15)7-13/h5-7,9,11H,4,8,16H2,1-3H3,(H,17,18). The van der Waals surface area contributed by atoms with E-state index in [0.717, 1.165) is 22.1 Å². The van der Waals surface area contributed by atoms with Crippen molar-refractivity contribution in [2.45, 2.75) is 27.2 Å². The molecule has 18 heavy (non-hydrogen) atoms. The number of halogens is 1. The zero-order chi connectivity index (χ0) is 13.7. The summed E-state index contributed by atoms with van der Waals surface area (Å²) in [4.78, 5) is 12.1. The topological polar surface area (TPSA) is 55.1 Å². The van der Waals surface area contributed by atoms with Gasteiger partial charge in [-0.25, -0.2) is 0 Å². The molecule has 0 aromatic heterocycles. The molecular weight excluding hydrogens is 292 g/mol. The van der Waals surface area contributed by atoms with Gasteiger partial charge in [-0.3, -0.25) is 4.79 Å². The summed E-state index contributed by atoms with van der Waals surface area (Å²) in [6, 6.07) is 5.85. The molecule has 0 radical (unpaired) electrons. The maximum absolute atomic E-state index is 12.1. The summed E-state index contributed by atoms with van der Waals surface area (Å²) in [6.45, 7) is 6.57. The van der Waals surface area contributed by atoms with Gasteiger partial charge in [0.15, 0.2) is 0 Å². The number of anilines is 1. The Bertz CT molecular complexity index is 398. The predicted molar refractivity (Wildman–Crippen MR) is 79.5 cm³/mol. The van der Waals surface area contributed by atoms with E-state index in [0.29, 0.717) is 12.5 Å². The monoisotopic (exact) mass is 312 g/mol. The van der Waals surface area contributed by atoms with Gasteiger partial charge in [0.25, 0.3) is 0 Å². The molecule has 3 nitrogen and oxygen atoms in total. The van der Waals surface area contributed by atoms with Gasteiger partial charge in [0, 0.05) is 16.7 Å². The van der Waals surface area contributed by atoms with Gasteiger partial charge < -0.3 is 11.1 Å². The van der Waals surface area contributed by atoms with Crippen LogP contribution < -0.4 is 11.1 Å². The van der Waals surface area contributed by atoms with Gasteiger partial charge in [-0.1, -0.05) is 29.8 Å². The minimum atomic E-state index is -0.121. The highest BCUT2D eigenvalue weighted by atomic mass is 79.9. The second kappa shape index (κ2) is 6.90. The van der Waals surface area contributed by atoms with Crippen LogP contribution >= 0.6 is 15.9 Å². The fourth-order valence-corrected chi connectivity index (χ4v) is 2.54. The van der Waals surface area contributed by atoms with Crippen LogP contribution in [0.4, 0.5) is 5.69 Å². The Hall–Kier alpha value is -0.870. The Morgan fingerprint density at radius 1 is 1.39 bits per heavy atom. The van der Waals surface area contributed by atoms with E-state index < -0.39 is 0 Å². The van der Waals surface area contributed by atoms with Crippen LogP contribution in [0.1, 0.15) is 25.8 Å². The van der Waals surface area contributed by atoms with E-state index in [-0.39, 0.29) is 11.8 Å². The molecule has 100 valence electrons. The van der Waals surface area contributed by atoms with Crippen LogP contribution in [0.15, 0.2) is 22.7 Å². The molecule has 0 aliphatic carbocycles. The SMILES string of the molecule is Cc1cc(Br)cc(NC(=O)C(CN)CC(C)C)c1. The number of amides is 1. The average Bonchev–Trinajstić information content (AvgIpc) is 2.23. The maximum atomic E-state index is 12.1. The molecule has 1 aromatic rings. The zero-order valence-corrected chi connectivity index (χ0v) is 12.8. The van der Waals surface area contributed by atoms with E-state index in [4.69, 9.17) is 5.73 Å². The van der Waals surface area contributed by atoms with E-state index >= 15 is 0 Å². The normalized spacial score (nSPS) is 12.6. The molecule has 0 spiro atoms. The number of carbonyl (C=O) groups excluding carboxylic acids is 1. The smallest absolute Gasteiger partial charge is 0.228 e. The molecule has 0 aliphatic heterocycles. The van der Waals surface area contributed by atoms with E-state index in [1.54, 1.807) is 0 Å². The first-order valence-corrected chi connectivity index (χ1v) is 6.99. The van der Waals surface area contributed by atoms with Crippen LogP contribution in [0.5, 0.6) is 0 Å². The van der Waals surface area contributed by atoms with Gasteiger partial charge in [-0.05, 0) is 43.0 Å². The lowest BCUT2D eigenvalue weighted by Gasteiger charge is -2.17. The number of nitrogens with one attached hydrogen (secondary N) is 1. The van der Waals surface area contributed by atoms with Crippen molar-refractivity contribution in [1.29, 1.82) is 0 Å². The summed E-state index contributed by atoms with van der Waals surface area (Å²) in [7, 11) is 0. The molecular formula is C14H21BrN2O. The molecule has 3 N–H and O–H groups in total. The molecule has 0 heterocycles. The zero-order valence-electron chi connectivity index (χ0n) is 11.2. The fraction of sp³-hybridized carbons (Fsp3) is 0.500. The van der Waals surface area contributed by atoms with Crippen molar-refractivity contribution in [3.8, 4) is 0 Å². The van der Waals surface area contributed by atoms with E-state index in [2.05, 4.69) is 35.1 Å². The molecule has 1 rings (SSSR count). The van der Waals surface area contributed by atoms with Gasteiger partial charge in [0.05, 0.1) is 5.92 Å². The van der Waals surface area contributed by atoms with Crippen LogP contribution in [0, 0.1) is 18.8 Å². The number of aryl methyl sites for hydroxylation is 1. The number of nitrogens with two attached hydrogens (primary N) is 1. The Balaban J connectivity index is 2.73. The number of rotatable bonds is 5. The third-order valence-corrected chi connectivity index (χ3v) is 3.18. The highest BCUT2D eigenvalue weighted by molar-refractivity contribution is 9.10. The first-order chi connectivity index (χ1) is 8.42. The molecule has 1 amide bonds. The van der Waals surface area contributed by atoms with Crippen LogP contribution in [-0.2, 0) is 4.79 Å². The lowest BCUT2D eigenvalue weighted by Crippen LogP contribution is -2.30. The van der Waals surface area contributed by atoms with Crippen LogP contribution in [-0.4, -0.2) is 12.5 Å². The van der Waals surface area contributed by atoms with Gasteiger partial charge in [-0.15, -0.1) is 0 Å². The Labute approximate surface area is 117 Å². The van der Waals surface area contributed by atoms with Crippen molar-refractivity contribution in [3.63, 3.8) is 0 Å². The number of hydrogen-bond donors (Lipinski definition) is 2. The van der Waals surface area contributed by atoms with Crippen LogP contribution in [0.2, 0.25) is 0 Å². The van der Waals surface area contributed by atoms with Crippen molar-refractivity contribution in [2.24, 2.45) is 17.6 Å². The lowest BCUT2D eigenvalue weighted by molar-refractivity contribution is -0.120. The molecule has 1 unspecified atom stereocenters. The molecule has 1 aromatic carbocycles. The number of benzene rings is 1. The van der Waals surface area contributed by atoms with Crippen molar-refractivity contribution in [1.82, 2.24) is 0 Å². The van der Waals surface area contributed by atoms with Crippen molar-refractivity contribution in [3.05, 3.63) is 28.2 Å². The second-order valence-corrected chi connectivity index (χ2v) is 5.98. The van der Waals surface area contributed by atoms with Gasteiger partial charge in [-0.2, -0.15) is 0 Å². The first kappa shape index (κ1) is 15.2. The quantitative estimate of drug-likeness (QED) is 0.876. The third-order valence-electron chi connectivity index (χ3n) is 2.72. The third kappa shape index (κ3) is 4.78. The van der Waals surface area contributed by atoms with E-state index in [9.17, 15) is 4.79 Å². The van der Waals surface area contributed by atoms with Gasteiger partial charge in [0.2, 0.25) is 5.91 Å². The highest BCUT2D eigenvalue weighted by Crippen LogP contribution is 2.20. The molecule has 4 heteroatoms. The Morgan fingerprint density at radius 3 is 2.56 bits per heavy atom. The van der Waals surface area contributed by atoms with E-state index in [1.807, 2.05) is 25.1 Å². The average molecular weight is 313 g/mol. The minimum Gasteiger partial charge on any atom is -0.330 e. The maximum Gasteiger partial charge on any atom is 0.228 e. The second-order valence-electron chi connectivity index (χ2n) is 5.07. The molecule has 0 aliphatic rings. The molecule has 0 saturated carbocycles. The first-order valence-electron chi connectivity index (χ1n) is 6.20. The van der Waals surface area contributed by atoms with Gasteiger partial charge in [0.1, 0.15) is 0 Å². The summed E-state index contributed by atoms with van der Waals surface area (Å²) in [6.07, 6.45) is 0.815.